The first-order valence-corrected chi connectivity index (χ1v) is 5.83. The lowest BCUT2D eigenvalue weighted by molar-refractivity contribution is 0.0792. The lowest BCUT2D eigenvalue weighted by atomic mass is 10.1. The number of hydrogen-bond donors (Lipinski definition) is 1. The third-order valence-corrected chi connectivity index (χ3v) is 3.07. The first-order chi connectivity index (χ1) is 7.75. The fourth-order valence-electron chi connectivity index (χ4n) is 1.76. The minimum absolute atomic E-state index is 0.514. The Kier molecular flexibility index (Phi) is 4.04. The minimum Gasteiger partial charge on any atom is -0.399 e. The van der Waals surface area contributed by atoms with Gasteiger partial charge in [0.05, 0.1) is 19.8 Å². The molecule has 2 N–H and O–H groups in total. The van der Waals surface area contributed by atoms with Gasteiger partial charge in [0.2, 0.25) is 0 Å². The fourth-order valence-corrected chi connectivity index (χ4v) is 1.93. The summed E-state index contributed by atoms with van der Waals surface area (Å²) in [6, 6.07) is 5.44. The molecule has 0 saturated carbocycles. The molecule has 1 atom stereocenters. The Morgan fingerprint density at radius 3 is 3.12 bits per heavy atom. The number of benzene rings is 1. The second kappa shape index (κ2) is 5.53. The number of nitrogens with two attached hydrogens (primary N) is 1. The molecule has 1 saturated heterocycles. The van der Waals surface area contributed by atoms with Gasteiger partial charge in [-0.2, -0.15) is 0 Å². The normalized spacial score (nSPS) is 20.2. The van der Waals surface area contributed by atoms with Gasteiger partial charge in [0, 0.05) is 23.2 Å². The number of nitrogen functional groups attached to an aromatic ring is 1. The molecule has 1 aromatic rings. The van der Waals surface area contributed by atoms with Gasteiger partial charge in [0.15, 0.2) is 0 Å². The first kappa shape index (κ1) is 11.7. The van der Waals surface area contributed by atoms with Crippen LogP contribution in [0.15, 0.2) is 18.2 Å². The van der Waals surface area contributed by atoms with Crippen LogP contribution in [-0.4, -0.2) is 19.8 Å². The van der Waals surface area contributed by atoms with E-state index in [2.05, 4.69) is 0 Å². The quantitative estimate of drug-likeness (QED) is 0.824. The summed E-state index contributed by atoms with van der Waals surface area (Å²) in [5, 5.41) is 0.705. The zero-order valence-electron chi connectivity index (χ0n) is 9.12. The van der Waals surface area contributed by atoms with Crippen LogP contribution in [0.4, 0.5) is 5.69 Å². The van der Waals surface area contributed by atoms with Gasteiger partial charge in [-0.05, 0) is 30.2 Å². The molecular weight excluding hydrogens is 226 g/mol. The van der Waals surface area contributed by atoms with Gasteiger partial charge < -0.3 is 15.2 Å². The van der Waals surface area contributed by atoms with Gasteiger partial charge >= 0.3 is 0 Å². The molecule has 0 bridgehead atoms. The number of ether oxygens (including phenoxy) is 2. The van der Waals surface area contributed by atoms with Crippen LogP contribution in [0.25, 0.3) is 0 Å². The standard InChI is InChI=1S/C12H16ClNO2/c13-12-2-1-11(14)5-10(12)8-16-7-9-3-4-15-6-9/h1-2,5,9H,3-4,6-8,14H2. The maximum absolute atomic E-state index is 6.03. The summed E-state index contributed by atoms with van der Waals surface area (Å²) in [5.41, 5.74) is 7.35. The summed E-state index contributed by atoms with van der Waals surface area (Å²) < 4.78 is 10.9. The van der Waals surface area contributed by atoms with Crippen LogP contribution < -0.4 is 5.73 Å². The predicted octanol–water partition coefficient (Wildman–Crippen LogP) is 2.48. The fraction of sp³-hybridized carbons (Fsp3) is 0.500. The highest BCUT2D eigenvalue weighted by Gasteiger charge is 2.15. The molecule has 3 nitrogen and oxygen atoms in total. The van der Waals surface area contributed by atoms with Crippen molar-refractivity contribution in [2.24, 2.45) is 5.92 Å². The summed E-state index contributed by atoms with van der Waals surface area (Å²) >= 11 is 6.03. The summed E-state index contributed by atoms with van der Waals surface area (Å²) in [6.07, 6.45) is 1.09. The van der Waals surface area contributed by atoms with E-state index in [-0.39, 0.29) is 0 Å². The molecule has 16 heavy (non-hydrogen) atoms. The van der Waals surface area contributed by atoms with Crippen molar-refractivity contribution in [3.63, 3.8) is 0 Å². The third-order valence-electron chi connectivity index (χ3n) is 2.70. The second-order valence-corrected chi connectivity index (χ2v) is 4.50. The van der Waals surface area contributed by atoms with Crippen molar-refractivity contribution in [2.45, 2.75) is 13.0 Å². The zero-order chi connectivity index (χ0) is 11.4. The van der Waals surface area contributed by atoms with Gasteiger partial charge in [-0.15, -0.1) is 0 Å². The summed E-state index contributed by atoms with van der Waals surface area (Å²) in [7, 11) is 0. The smallest absolute Gasteiger partial charge is 0.0732 e. The lowest BCUT2D eigenvalue weighted by Gasteiger charge is -2.10. The average molecular weight is 242 g/mol. The Morgan fingerprint density at radius 2 is 2.38 bits per heavy atom. The van der Waals surface area contributed by atoms with Gasteiger partial charge in [-0.3, -0.25) is 0 Å². The monoisotopic (exact) mass is 241 g/mol. The molecule has 0 aromatic heterocycles. The highest BCUT2D eigenvalue weighted by atomic mass is 35.5. The second-order valence-electron chi connectivity index (χ2n) is 4.10. The Bertz CT molecular complexity index is 351. The molecule has 1 fully saturated rings. The SMILES string of the molecule is Nc1ccc(Cl)c(COCC2CCOC2)c1. The van der Waals surface area contributed by atoms with Crippen molar-refractivity contribution in [1.29, 1.82) is 0 Å². The molecule has 1 heterocycles. The van der Waals surface area contributed by atoms with E-state index in [1.165, 1.54) is 0 Å². The minimum atomic E-state index is 0.514. The van der Waals surface area contributed by atoms with E-state index in [1.54, 1.807) is 12.1 Å². The maximum atomic E-state index is 6.03. The van der Waals surface area contributed by atoms with Crippen LogP contribution in [0.3, 0.4) is 0 Å². The number of rotatable bonds is 4. The van der Waals surface area contributed by atoms with E-state index in [0.29, 0.717) is 23.2 Å². The molecule has 88 valence electrons. The zero-order valence-corrected chi connectivity index (χ0v) is 9.87. The topological polar surface area (TPSA) is 44.5 Å². The van der Waals surface area contributed by atoms with Gasteiger partial charge in [0.25, 0.3) is 0 Å². The molecular formula is C12H16ClNO2. The Hall–Kier alpha value is -0.770. The average Bonchev–Trinajstić information content (AvgIpc) is 2.76. The highest BCUT2D eigenvalue weighted by Crippen LogP contribution is 2.20. The molecule has 0 spiro atoms. The third kappa shape index (κ3) is 3.11. The van der Waals surface area contributed by atoms with Crippen molar-refractivity contribution < 1.29 is 9.47 Å². The van der Waals surface area contributed by atoms with Crippen LogP contribution in [0.2, 0.25) is 5.02 Å². The van der Waals surface area contributed by atoms with E-state index in [9.17, 15) is 0 Å². The van der Waals surface area contributed by atoms with Gasteiger partial charge in [0.1, 0.15) is 0 Å². The number of halogens is 1. The highest BCUT2D eigenvalue weighted by molar-refractivity contribution is 6.31. The molecule has 0 amide bonds. The van der Waals surface area contributed by atoms with E-state index in [0.717, 1.165) is 31.8 Å². The molecule has 1 aromatic carbocycles. The summed E-state index contributed by atoms with van der Waals surface area (Å²) in [6.45, 7) is 2.91. The number of hydrogen-bond acceptors (Lipinski definition) is 3. The van der Waals surface area contributed by atoms with E-state index < -0.39 is 0 Å². The van der Waals surface area contributed by atoms with E-state index >= 15 is 0 Å². The van der Waals surface area contributed by atoms with Crippen LogP contribution in [0.5, 0.6) is 0 Å². The molecule has 1 aliphatic heterocycles. The van der Waals surface area contributed by atoms with Crippen molar-refractivity contribution >= 4 is 17.3 Å². The van der Waals surface area contributed by atoms with Crippen molar-refractivity contribution in [1.82, 2.24) is 0 Å². The number of anilines is 1. The van der Waals surface area contributed by atoms with Crippen molar-refractivity contribution in [2.75, 3.05) is 25.6 Å². The van der Waals surface area contributed by atoms with Gasteiger partial charge in [-0.1, -0.05) is 11.6 Å². The predicted molar refractivity (Wildman–Crippen MR) is 64.4 cm³/mol. The van der Waals surface area contributed by atoms with Crippen molar-refractivity contribution in [3.05, 3.63) is 28.8 Å². The van der Waals surface area contributed by atoms with Crippen LogP contribution in [-0.2, 0) is 16.1 Å². The lowest BCUT2D eigenvalue weighted by Crippen LogP contribution is -2.09. The molecule has 4 heteroatoms. The molecule has 1 unspecified atom stereocenters. The maximum Gasteiger partial charge on any atom is 0.0732 e. The van der Waals surface area contributed by atoms with Crippen LogP contribution in [0.1, 0.15) is 12.0 Å². The molecule has 0 radical (unpaired) electrons. The van der Waals surface area contributed by atoms with E-state index in [1.807, 2.05) is 6.07 Å². The molecule has 2 rings (SSSR count). The van der Waals surface area contributed by atoms with Crippen molar-refractivity contribution in [3.8, 4) is 0 Å². The molecule has 0 aliphatic carbocycles. The van der Waals surface area contributed by atoms with E-state index in [4.69, 9.17) is 26.8 Å². The Balaban J connectivity index is 1.82. The van der Waals surface area contributed by atoms with Crippen LogP contribution in [0, 0.1) is 5.92 Å². The summed E-state index contributed by atoms with van der Waals surface area (Å²) in [4.78, 5) is 0. The Morgan fingerprint density at radius 1 is 1.50 bits per heavy atom. The first-order valence-electron chi connectivity index (χ1n) is 5.45. The Labute approximate surface area is 100 Å². The van der Waals surface area contributed by atoms with Gasteiger partial charge in [-0.25, -0.2) is 0 Å². The van der Waals surface area contributed by atoms with Crippen LogP contribution >= 0.6 is 11.6 Å². The summed E-state index contributed by atoms with van der Waals surface area (Å²) in [5.74, 6) is 0.528. The molecule has 1 aliphatic rings. The largest absolute Gasteiger partial charge is 0.399 e.